The smallest absolute Gasteiger partial charge is 0.373 e. The van der Waals surface area contributed by atoms with Crippen LogP contribution in [-0.4, -0.2) is 40.2 Å². The van der Waals surface area contributed by atoms with Gasteiger partial charge in [-0.25, -0.2) is 4.79 Å². The molecule has 1 fully saturated rings. The Kier molecular flexibility index (Phi) is 5.33. The van der Waals surface area contributed by atoms with E-state index in [-0.39, 0.29) is 23.5 Å². The molecule has 8 heteroatoms. The molecule has 0 spiro atoms. The standard InChI is InChI=1S/C22H18N2O5S/c1-3-10-24-20(25)19(30-22(24)27)11-14-12-23(17-7-5-4-6-16(14)17)13-15-8-9-18(29-15)21(26)28-2/h3-9,11-12H,1,10,13H2,2H3/b19-11-. The molecule has 1 aromatic carbocycles. The zero-order valence-electron chi connectivity index (χ0n) is 16.2. The Hall–Kier alpha value is -3.52. The summed E-state index contributed by atoms with van der Waals surface area (Å²) in [5, 5.41) is 0.633. The minimum Gasteiger partial charge on any atom is -0.463 e. The second-order valence-electron chi connectivity index (χ2n) is 6.57. The van der Waals surface area contributed by atoms with Crippen LogP contribution in [0.25, 0.3) is 17.0 Å². The van der Waals surface area contributed by atoms with Crippen molar-refractivity contribution < 1.29 is 23.5 Å². The maximum absolute atomic E-state index is 12.5. The molecule has 0 unspecified atom stereocenters. The van der Waals surface area contributed by atoms with Crippen molar-refractivity contribution in [3.63, 3.8) is 0 Å². The molecule has 1 aliphatic heterocycles. The first-order valence-corrected chi connectivity index (χ1v) is 9.94. The third kappa shape index (κ3) is 3.57. The van der Waals surface area contributed by atoms with Crippen LogP contribution in [0.4, 0.5) is 4.79 Å². The maximum Gasteiger partial charge on any atom is 0.373 e. The number of carbonyl (C=O) groups is 3. The Morgan fingerprint density at radius 3 is 2.80 bits per heavy atom. The summed E-state index contributed by atoms with van der Waals surface area (Å²) in [6.45, 7) is 4.17. The molecule has 1 saturated heterocycles. The van der Waals surface area contributed by atoms with Gasteiger partial charge >= 0.3 is 5.97 Å². The second kappa shape index (κ2) is 8.08. The van der Waals surface area contributed by atoms with E-state index in [1.54, 1.807) is 18.2 Å². The third-order valence-corrected chi connectivity index (χ3v) is 5.57. The highest BCUT2D eigenvalue weighted by molar-refractivity contribution is 8.18. The lowest BCUT2D eigenvalue weighted by Crippen LogP contribution is -2.27. The van der Waals surface area contributed by atoms with Gasteiger partial charge in [-0.3, -0.25) is 14.5 Å². The second-order valence-corrected chi connectivity index (χ2v) is 7.56. The first kappa shape index (κ1) is 19.8. The van der Waals surface area contributed by atoms with Gasteiger partial charge in [0.25, 0.3) is 11.1 Å². The first-order valence-electron chi connectivity index (χ1n) is 9.13. The van der Waals surface area contributed by atoms with Crippen LogP contribution < -0.4 is 0 Å². The predicted molar refractivity (Wildman–Crippen MR) is 114 cm³/mol. The van der Waals surface area contributed by atoms with E-state index in [9.17, 15) is 14.4 Å². The molecule has 0 aliphatic carbocycles. The van der Waals surface area contributed by atoms with Gasteiger partial charge in [0, 0.05) is 29.2 Å². The largest absolute Gasteiger partial charge is 0.463 e. The lowest BCUT2D eigenvalue weighted by atomic mass is 10.1. The number of imide groups is 1. The fourth-order valence-corrected chi connectivity index (χ4v) is 4.13. The van der Waals surface area contributed by atoms with E-state index in [0.717, 1.165) is 28.2 Å². The van der Waals surface area contributed by atoms with E-state index in [1.165, 1.54) is 18.1 Å². The van der Waals surface area contributed by atoms with Crippen molar-refractivity contribution in [1.82, 2.24) is 9.47 Å². The number of fused-ring (bicyclic) bond motifs is 1. The number of para-hydroxylation sites is 1. The summed E-state index contributed by atoms with van der Waals surface area (Å²) >= 11 is 0.919. The van der Waals surface area contributed by atoms with Crippen molar-refractivity contribution >= 4 is 45.9 Å². The summed E-state index contributed by atoms with van der Waals surface area (Å²) in [6, 6.07) is 11.0. The number of ether oxygens (including phenoxy) is 1. The molecule has 3 aromatic rings. The molecular weight excluding hydrogens is 404 g/mol. The normalized spacial score (nSPS) is 15.4. The van der Waals surface area contributed by atoms with Gasteiger partial charge in [0.1, 0.15) is 5.76 Å². The summed E-state index contributed by atoms with van der Waals surface area (Å²) in [6.07, 6.45) is 5.15. The lowest BCUT2D eigenvalue weighted by Gasteiger charge is -2.07. The number of amides is 2. The number of methoxy groups -OCH3 is 1. The van der Waals surface area contributed by atoms with Crippen molar-refractivity contribution in [2.24, 2.45) is 0 Å². The van der Waals surface area contributed by atoms with Gasteiger partial charge in [-0.2, -0.15) is 0 Å². The van der Waals surface area contributed by atoms with Gasteiger partial charge in [0.15, 0.2) is 0 Å². The SMILES string of the molecule is C=CCN1C(=O)S/C(=C\c2cn(Cc3ccc(C(=O)OC)o3)c3ccccc23)C1=O. The van der Waals surface area contributed by atoms with E-state index >= 15 is 0 Å². The monoisotopic (exact) mass is 422 g/mol. The van der Waals surface area contributed by atoms with Crippen LogP contribution in [0.1, 0.15) is 21.9 Å². The number of aromatic nitrogens is 1. The molecule has 0 saturated carbocycles. The quantitative estimate of drug-likeness (QED) is 0.335. The zero-order chi connectivity index (χ0) is 21.3. The summed E-state index contributed by atoms with van der Waals surface area (Å²) in [7, 11) is 1.30. The van der Waals surface area contributed by atoms with E-state index < -0.39 is 5.97 Å². The van der Waals surface area contributed by atoms with Crippen LogP contribution in [0.2, 0.25) is 0 Å². The average Bonchev–Trinajstić information content (AvgIpc) is 3.42. The van der Waals surface area contributed by atoms with E-state index in [2.05, 4.69) is 11.3 Å². The van der Waals surface area contributed by atoms with Crippen LogP contribution in [-0.2, 0) is 16.1 Å². The highest BCUT2D eigenvalue weighted by atomic mass is 32.2. The number of hydrogen-bond acceptors (Lipinski definition) is 6. The topological polar surface area (TPSA) is 81.8 Å². The summed E-state index contributed by atoms with van der Waals surface area (Å²) < 4.78 is 12.2. The van der Waals surface area contributed by atoms with Crippen molar-refractivity contribution in [1.29, 1.82) is 0 Å². The van der Waals surface area contributed by atoms with Crippen molar-refractivity contribution in [3.05, 3.63) is 77.2 Å². The predicted octanol–water partition coefficient (Wildman–Crippen LogP) is 4.29. The number of esters is 1. The summed E-state index contributed by atoms with van der Waals surface area (Å²) in [5.41, 5.74) is 1.75. The number of rotatable bonds is 6. The van der Waals surface area contributed by atoms with Crippen molar-refractivity contribution in [2.45, 2.75) is 6.54 Å². The van der Waals surface area contributed by atoms with Gasteiger partial charge in [-0.1, -0.05) is 24.3 Å². The molecule has 7 nitrogen and oxygen atoms in total. The molecule has 0 atom stereocenters. The van der Waals surface area contributed by atoms with Crippen LogP contribution in [0.15, 0.2) is 64.6 Å². The Labute approximate surface area is 176 Å². The number of furan rings is 1. The van der Waals surface area contributed by atoms with E-state index in [1.807, 2.05) is 35.0 Å². The Bertz CT molecular complexity index is 1200. The minimum atomic E-state index is -0.533. The Balaban J connectivity index is 1.69. The van der Waals surface area contributed by atoms with Gasteiger partial charge in [-0.15, -0.1) is 6.58 Å². The molecule has 30 heavy (non-hydrogen) atoms. The number of hydrogen-bond donors (Lipinski definition) is 0. The van der Waals surface area contributed by atoms with Crippen LogP contribution in [0.5, 0.6) is 0 Å². The summed E-state index contributed by atoms with van der Waals surface area (Å²) in [4.78, 5) is 37.8. The molecule has 0 bridgehead atoms. The number of nitrogens with zero attached hydrogens (tertiary/aromatic N) is 2. The maximum atomic E-state index is 12.5. The Morgan fingerprint density at radius 1 is 1.23 bits per heavy atom. The Morgan fingerprint density at radius 2 is 2.03 bits per heavy atom. The van der Waals surface area contributed by atoms with E-state index in [0.29, 0.717) is 17.2 Å². The first-order chi connectivity index (χ1) is 14.5. The molecule has 3 heterocycles. The van der Waals surface area contributed by atoms with Crippen molar-refractivity contribution in [3.8, 4) is 0 Å². The number of carbonyl (C=O) groups excluding carboxylic acids is 3. The molecule has 152 valence electrons. The molecule has 4 rings (SSSR count). The number of thioether (sulfide) groups is 1. The summed E-state index contributed by atoms with van der Waals surface area (Å²) in [5.74, 6) is -0.126. The highest BCUT2D eigenvalue weighted by Gasteiger charge is 2.34. The molecule has 1 aliphatic rings. The molecule has 0 N–H and O–H groups in total. The van der Waals surface area contributed by atoms with E-state index in [4.69, 9.17) is 4.42 Å². The lowest BCUT2D eigenvalue weighted by molar-refractivity contribution is -0.122. The van der Waals surface area contributed by atoms with Crippen molar-refractivity contribution in [2.75, 3.05) is 13.7 Å². The van der Waals surface area contributed by atoms with Gasteiger partial charge in [-0.05, 0) is 36.0 Å². The minimum absolute atomic E-state index is 0.139. The van der Waals surface area contributed by atoms with Gasteiger partial charge in [0.05, 0.1) is 18.6 Å². The fourth-order valence-electron chi connectivity index (χ4n) is 3.29. The van der Waals surface area contributed by atoms with Gasteiger partial charge < -0.3 is 13.7 Å². The average molecular weight is 422 g/mol. The number of benzene rings is 1. The molecule has 0 radical (unpaired) electrons. The van der Waals surface area contributed by atoms with Crippen LogP contribution in [0, 0.1) is 0 Å². The zero-order valence-corrected chi connectivity index (χ0v) is 17.0. The fraction of sp³-hybridized carbons (Fsp3) is 0.136. The molecule has 2 amide bonds. The van der Waals surface area contributed by atoms with Crippen LogP contribution in [0.3, 0.4) is 0 Å². The third-order valence-electron chi connectivity index (χ3n) is 4.67. The highest BCUT2D eigenvalue weighted by Crippen LogP contribution is 2.34. The molecule has 2 aromatic heterocycles. The molecular formula is C22H18N2O5S. The van der Waals surface area contributed by atoms with Gasteiger partial charge in [0.2, 0.25) is 5.76 Å². The van der Waals surface area contributed by atoms with Crippen LogP contribution >= 0.6 is 11.8 Å².